The summed E-state index contributed by atoms with van der Waals surface area (Å²) in [6, 6.07) is 2.81. The summed E-state index contributed by atoms with van der Waals surface area (Å²) in [5.74, 6) is 0. The lowest BCUT2D eigenvalue weighted by Crippen LogP contribution is -2.20. The molecule has 0 spiro atoms. The molecule has 0 aliphatic rings. The fourth-order valence-corrected chi connectivity index (χ4v) is 2.23. The first-order valence-corrected chi connectivity index (χ1v) is 6.08. The third-order valence-corrected chi connectivity index (χ3v) is 2.94. The Balaban J connectivity index is 2.47. The van der Waals surface area contributed by atoms with E-state index < -0.39 is 0 Å². The standard InChI is InChI=1S/C11H19NS/c1-3-5-6-11(12-4-2)10-7-8-13-9-10/h7-9,11-12H,3-6H2,1-2H3. The van der Waals surface area contributed by atoms with Crippen molar-refractivity contribution >= 4 is 11.3 Å². The first kappa shape index (κ1) is 10.7. The number of rotatable bonds is 6. The predicted octanol–water partition coefficient (Wildman–Crippen LogP) is 3.59. The molecule has 2 heteroatoms. The molecule has 0 aliphatic heterocycles. The summed E-state index contributed by atoms with van der Waals surface area (Å²) in [5, 5.41) is 7.94. The lowest BCUT2D eigenvalue weighted by Gasteiger charge is -2.15. The molecule has 1 N–H and O–H groups in total. The normalized spacial score (nSPS) is 13.1. The van der Waals surface area contributed by atoms with Crippen molar-refractivity contribution in [2.45, 2.75) is 39.2 Å². The summed E-state index contributed by atoms with van der Waals surface area (Å²) in [6.07, 6.45) is 3.86. The van der Waals surface area contributed by atoms with Crippen molar-refractivity contribution in [3.8, 4) is 0 Å². The Morgan fingerprint density at radius 2 is 2.31 bits per heavy atom. The average molecular weight is 197 g/mol. The first-order valence-electron chi connectivity index (χ1n) is 5.14. The minimum atomic E-state index is 0.580. The van der Waals surface area contributed by atoms with E-state index in [4.69, 9.17) is 0 Å². The summed E-state index contributed by atoms with van der Waals surface area (Å²) in [6.45, 7) is 5.48. The third kappa shape index (κ3) is 3.49. The minimum Gasteiger partial charge on any atom is -0.310 e. The number of hydrogen-bond acceptors (Lipinski definition) is 2. The van der Waals surface area contributed by atoms with E-state index >= 15 is 0 Å². The second-order valence-corrected chi connectivity index (χ2v) is 4.09. The van der Waals surface area contributed by atoms with E-state index in [1.807, 2.05) is 0 Å². The number of nitrogens with one attached hydrogen (secondary N) is 1. The van der Waals surface area contributed by atoms with Gasteiger partial charge in [0.1, 0.15) is 0 Å². The Kier molecular flexibility index (Phi) is 5.09. The maximum Gasteiger partial charge on any atom is 0.0328 e. The van der Waals surface area contributed by atoms with Gasteiger partial charge in [-0.05, 0) is 35.4 Å². The lowest BCUT2D eigenvalue weighted by molar-refractivity contribution is 0.496. The summed E-state index contributed by atoms with van der Waals surface area (Å²) >= 11 is 1.79. The highest BCUT2D eigenvalue weighted by atomic mass is 32.1. The van der Waals surface area contributed by atoms with Gasteiger partial charge in [0, 0.05) is 6.04 Å². The molecule has 0 radical (unpaired) electrons. The molecule has 1 heterocycles. The molecular weight excluding hydrogens is 178 g/mol. The van der Waals surface area contributed by atoms with Crippen molar-refractivity contribution in [3.05, 3.63) is 22.4 Å². The van der Waals surface area contributed by atoms with Gasteiger partial charge in [-0.1, -0.05) is 26.7 Å². The van der Waals surface area contributed by atoms with Gasteiger partial charge in [0.05, 0.1) is 0 Å². The Bertz CT molecular complexity index is 206. The fourth-order valence-electron chi connectivity index (χ4n) is 1.51. The number of hydrogen-bond donors (Lipinski definition) is 1. The first-order chi connectivity index (χ1) is 6.38. The fraction of sp³-hybridized carbons (Fsp3) is 0.636. The molecule has 1 unspecified atom stereocenters. The molecule has 1 nitrogen and oxygen atoms in total. The molecule has 1 atom stereocenters. The van der Waals surface area contributed by atoms with Crippen LogP contribution in [0, 0.1) is 0 Å². The smallest absolute Gasteiger partial charge is 0.0328 e. The van der Waals surface area contributed by atoms with Gasteiger partial charge in [-0.25, -0.2) is 0 Å². The Morgan fingerprint density at radius 1 is 1.46 bits per heavy atom. The van der Waals surface area contributed by atoms with E-state index in [0.29, 0.717) is 6.04 Å². The van der Waals surface area contributed by atoms with Crippen LogP contribution in [0.4, 0.5) is 0 Å². The van der Waals surface area contributed by atoms with Crippen LogP contribution < -0.4 is 5.32 Å². The largest absolute Gasteiger partial charge is 0.310 e. The topological polar surface area (TPSA) is 12.0 Å². The summed E-state index contributed by atoms with van der Waals surface area (Å²) in [5.41, 5.74) is 1.46. The minimum absolute atomic E-state index is 0.580. The summed E-state index contributed by atoms with van der Waals surface area (Å²) in [4.78, 5) is 0. The monoisotopic (exact) mass is 197 g/mol. The zero-order chi connectivity index (χ0) is 9.52. The van der Waals surface area contributed by atoms with E-state index in [0.717, 1.165) is 6.54 Å². The molecule has 1 rings (SSSR count). The molecule has 74 valence electrons. The average Bonchev–Trinajstić information content (AvgIpc) is 2.65. The molecule has 0 aromatic carbocycles. The van der Waals surface area contributed by atoms with Crippen LogP contribution >= 0.6 is 11.3 Å². The molecule has 0 aliphatic carbocycles. The van der Waals surface area contributed by atoms with Gasteiger partial charge < -0.3 is 5.32 Å². The Labute approximate surface area is 85.2 Å². The van der Waals surface area contributed by atoms with Gasteiger partial charge in [-0.15, -0.1) is 0 Å². The van der Waals surface area contributed by atoms with Crippen LogP contribution in [0.3, 0.4) is 0 Å². The number of thiophene rings is 1. The summed E-state index contributed by atoms with van der Waals surface area (Å²) in [7, 11) is 0. The van der Waals surface area contributed by atoms with Crippen molar-refractivity contribution < 1.29 is 0 Å². The quantitative estimate of drug-likeness (QED) is 0.735. The third-order valence-electron chi connectivity index (χ3n) is 2.24. The van der Waals surface area contributed by atoms with Crippen LogP contribution in [0.15, 0.2) is 16.8 Å². The Hall–Kier alpha value is -0.340. The predicted molar refractivity (Wildman–Crippen MR) is 60.3 cm³/mol. The maximum absolute atomic E-state index is 3.53. The highest BCUT2D eigenvalue weighted by Gasteiger charge is 2.08. The zero-order valence-corrected chi connectivity index (χ0v) is 9.36. The molecule has 1 aromatic heterocycles. The van der Waals surface area contributed by atoms with E-state index in [1.165, 1.54) is 24.8 Å². The van der Waals surface area contributed by atoms with Gasteiger partial charge in [0.25, 0.3) is 0 Å². The zero-order valence-electron chi connectivity index (χ0n) is 8.55. The van der Waals surface area contributed by atoms with E-state index in [9.17, 15) is 0 Å². The van der Waals surface area contributed by atoms with Crippen LogP contribution in [-0.4, -0.2) is 6.54 Å². The van der Waals surface area contributed by atoms with Crippen molar-refractivity contribution in [1.82, 2.24) is 5.32 Å². The van der Waals surface area contributed by atoms with Gasteiger partial charge in [0.2, 0.25) is 0 Å². The molecule has 13 heavy (non-hydrogen) atoms. The SMILES string of the molecule is CCCCC(NCC)c1ccsc1. The molecule has 0 bridgehead atoms. The van der Waals surface area contributed by atoms with Crippen molar-refractivity contribution in [2.75, 3.05) is 6.54 Å². The summed E-state index contributed by atoms with van der Waals surface area (Å²) < 4.78 is 0. The van der Waals surface area contributed by atoms with Crippen LogP contribution in [0.25, 0.3) is 0 Å². The van der Waals surface area contributed by atoms with Gasteiger partial charge >= 0.3 is 0 Å². The Morgan fingerprint density at radius 3 is 2.85 bits per heavy atom. The van der Waals surface area contributed by atoms with Gasteiger partial charge in [-0.3, -0.25) is 0 Å². The van der Waals surface area contributed by atoms with Crippen LogP contribution in [0.5, 0.6) is 0 Å². The van der Waals surface area contributed by atoms with Crippen molar-refractivity contribution in [3.63, 3.8) is 0 Å². The molecule has 0 fully saturated rings. The molecule has 0 saturated carbocycles. The van der Waals surface area contributed by atoms with Crippen LogP contribution in [-0.2, 0) is 0 Å². The highest BCUT2D eigenvalue weighted by molar-refractivity contribution is 7.07. The second-order valence-electron chi connectivity index (χ2n) is 3.31. The van der Waals surface area contributed by atoms with Crippen LogP contribution in [0.2, 0.25) is 0 Å². The molecule has 0 saturated heterocycles. The highest BCUT2D eigenvalue weighted by Crippen LogP contribution is 2.21. The van der Waals surface area contributed by atoms with Gasteiger partial charge in [-0.2, -0.15) is 11.3 Å². The van der Waals surface area contributed by atoms with Gasteiger partial charge in [0.15, 0.2) is 0 Å². The van der Waals surface area contributed by atoms with E-state index in [2.05, 4.69) is 36.0 Å². The number of unbranched alkanes of at least 4 members (excludes halogenated alkanes) is 1. The van der Waals surface area contributed by atoms with E-state index in [1.54, 1.807) is 11.3 Å². The van der Waals surface area contributed by atoms with Crippen molar-refractivity contribution in [1.29, 1.82) is 0 Å². The molecule has 1 aromatic rings. The molecule has 0 amide bonds. The second kappa shape index (κ2) is 6.17. The van der Waals surface area contributed by atoms with Crippen LogP contribution in [0.1, 0.15) is 44.7 Å². The molecular formula is C11H19NS. The lowest BCUT2D eigenvalue weighted by atomic mass is 10.0. The van der Waals surface area contributed by atoms with E-state index in [-0.39, 0.29) is 0 Å². The maximum atomic E-state index is 3.53. The van der Waals surface area contributed by atoms with Crippen molar-refractivity contribution in [2.24, 2.45) is 0 Å².